The van der Waals surface area contributed by atoms with Crippen LogP contribution in [0.4, 0.5) is 0 Å². The first-order chi connectivity index (χ1) is 8.61. The molecular formula is C14H21NO3. The zero-order chi connectivity index (χ0) is 13.1. The Morgan fingerprint density at radius 3 is 2.94 bits per heavy atom. The van der Waals surface area contributed by atoms with Gasteiger partial charge in [-0.15, -0.1) is 0 Å². The summed E-state index contributed by atoms with van der Waals surface area (Å²) in [5, 5.41) is 13.0. The Labute approximate surface area is 108 Å². The summed E-state index contributed by atoms with van der Waals surface area (Å²) in [5.74, 6) is 1.50. The fourth-order valence-electron chi connectivity index (χ4n) is 2.21. The van der Waals surface area contributed by atoms with Crippen molar-refractivity contribution >= 4 is 0 Å². The van der Waals surface area contributed by atoms with Crippen molar-refractivity contribution in [3.63, 3.8) is 0 Å². The topological polar surface area (TPSA) is 50.7 Å². The first-order valence-corrected chi connectivity index (χ1v) is 6.32. The van der Waals surface area contributed by atoms with Crippen molar-refractivity contribution in [2.45, 2.75) is 25.9 Å². The van der Waals surface area contributed by atoms with E-state index in [4.69, 9.17) is 9.47 Å². The molecule has 0 saturated carbocycles. The molecule has 2 N–H and O–H groups in total. The van der Waals surface area contributed by atoms with Crippen LogP contribution in [0.2, 0.25) is 0 Å². The van der Waals surface area contributed by atoms with Gasteiger partial charge in [0.05, 0.1) is 12.6 Å². The smallest absolute Gasteiger partial charge is 0.127 e. The average molecular weight is 251 g/mol. The van der Waals surface area contributed by atoms with E-state index < -0.39 is 0 Å². The maximum absolute atomic E-state index is 9.42. The Balaban J connectivity index is 2.08. The zero-order valence-electron chi connectivity index (χ0n) is 11.1. The van der Waals surface area contributed by atoms with Gasteiger partial charge in [-0.1, -0.05) is 13.8 Å². The summed E-state index contributed by atoms with van der Waals surface area (Å²) in [7, 11) is 1.72. The molecule has 0 bridgehead atoms. The van der Waals surface area contributed by atoms with Crippen LogP contribution in [0.25, 0.3) is 0 Å². The quantitative estimate of drug-likeness (QED) is 0.841. The van der Waals surface area contributed by atoms with E-state index in [1.165, 1.54) is 0 Å². The molecule has 1 heterocycles. The SMILES string of the molecule is COCC(NC1COc2cc(O)ccc21)C(C)C. The first-order valence-electron chi connectivity index (χ1n) is 6.32. The van der Waals surface area contributed by atoms with E-state index in [9.17, 15) is 5.11 Å². The molecule has 0 radical (unpaired) electrons. The van der Waals surface area contributed by atoms with Crippen LogP contribution in [0.1, 0.15) is 25.5 Å². The van der Waals surface area contributed by atoms with Gasteiger partial charge in [0.2, 0.25) is 0 Å². The van der Waals surface area contributed by atoms with Crippen molar-refractivity contribution in [1.29, 1.82) is 0 Å². The lowest BCUT2D eigenvalue weighted by Crippen LogP contribution is -2.40. The molecule has 4 nitrogen and oxygen atoms in total. The van der Waals surface area contributed by atoms with Crippen molar-refractivity contribution < 1.29 is 14.6 Å². The normalized spacial score (nSPS) is 19.7. The van der Waals surface area contributed by atoms with Gasteiger partial charge in [0.15, 0.2) is 0 Å². The van der Waals surface area contributed by atoms with Crippen LogP contribution in [0.15, 0.2) is 18.2 Å². The molecule has 0 aliphatic carbocycles. The van der Waals surface area contributed by atoms with Crippen LogP contribution in [-0.2, 0) is 4.74 Å². The van der Waals surface area contributed by atoms with Crippen molar-refractivity contribution in [1.82, 2.24) is 5.32 Å². The molecule has 1 aromatic carbocycles. The van der Waals surface area contributed by atoms with E-state index in [-0.39, 0.29) is 11.8 Å². The number of nitrogens with one attached hydrogen (secondary N) is 1. The molecule has 1 aliphatic heterocycles. The van der Waals surface area contributed by atoms with Gasteiger partial charge in [-0.2, -0.15) is 0 Å². The van der Waals surface area contributed by atoms with Crippen LogP contribution >= 0.6 is 0 Å². The average Bonchev–Trinajstić information content (AvgIpc) is 2.71. The summed E-state index contributed by atoms with van der Waals surface area (Å²) in [5.41, 5.74) is 1.11. The van der Waals surface area contributed by atoms with Gasteiger partial charge in [0.1, 0.15) is 18.1 Å². The Morgan fingerprint density at radius 2 is 2.28 bits per heavy atom. The predicted octanol–water partition coefficient (Wildman–Crippen LogP) is 2.09. The number of hydrogen-bond donors (Lipinski definition) is 2. The van der Waals surface area contributed by atoms with Crippen LogP contribution in [0.3, 0.4) is 0 Å². The number of phenolic OH excluding ortho intramolecular Hbond substituents is 1. The fourth-order valence-corrected chi connectivity index (χ4v) is 2.21. The number of aromatic hydroxyl groups is 1. The van der Waals surface area contributed by atoms with Gasteiger partial charge in [-0.05, 0) is 18.1 Å². The minimum absolute atomic E-state index is 0.170. The Hall–Kier alpha value is -1.26. The van der Waals surface area contributed by atoms with Gasteiger partial charge in [-0.3, -0.25) is 0 Å². The third kappa shape index (κ3) is 2.76. The molecule has 1 aliphatic rings. The molecule has 4 heteroatoms. The minimum atomic E-state index is 0.170. The molecule has 2 atom stereocenters. The summed E-state index contributed by atoms with van der Waals surface area (Å²) in [6.07, 6.45) is 0. The molecule has 2 rings (SSSR count). The fraction of sp³-hybridized carbons (Fsp3) is 0.571. The Kier molecular flexibility index (Phi) is 4.09. The Bertz CT molecular complexity index is 406. The van der Waals surface area contributed by atoms with Gasteiger partial charge in [0, 0.05) is 24.8 Å². The maximum atomic E-state index is 9.42. The van der Waals surface area contributed by atoms with Crippen molar-refractivity contribution in [2.75, 3.05) is 20.3 Å². The highest BCUT2D eigenvalue weighted by atomic mass is 16.5. The molecule has 1 aromatic rings. The van der Waals surface area contributed by atoms with Crippen molar-refractivity contribution in [2.24, 2.45) is 5.92 Å². The summed E-state index contributed by atoms with van der Waals surface area (Å²) >= 11 is 0. The van der Waals surface area contributed by atoms with E-state index >= 15 is 0 Å². The number of rotatable bonds is 5. The van der Waals surface area contributed by atoms with Gasteiger partial charge < -0.3 is 19.9 Å². The summed E-state index contributed by atoms with van der Waals surface area (Å²) in [6, 6.07) is 5.74. The lowest BCUT2D eigenvalue weighted by atomic mass is 10.0. The number of hydrogen-bond acceptors (Lipinski definition) is 4. The minimum Gasteiger partial charge on any atom is -0.508 e. The third-order valence-corrected chi connectivity index (χ3v) is 3.34. The van der Waals surface area contributed by atoms with E-state index in [0.717, 1.165) is 11.3 Å². The number of phenols is 1. The van der Waals surface area contributed by atoms with Gasteiger partial charge in [-0.25, -0.2) is 0 Å². The van der Waals surface area contributed by atoms with E-state index in [1.54, 1.807) is 19.2 Å². The van der Waals surface area contributed by atoms with Gasteiger partial charge >= 0.3 is 0 Å². The second-order valence-electron chi connectivity index (χ2n) is 5.06. The molecule has 0 saturated heterocycles. The largest absolute Gasteiger partial charge is 0.508 e. The highest BCUT2D eigenvalue weighted by molar-refractivity contribution is 5.44. The maximum Gasteiger partial charge on any atom is 0.127 e. The first kappa shape index (κ1) is 13.2. The second kappa shape index (κ2) is 5.59. The summed E-state index contributed by atoms with van der Waals surface area (Å²) in [4.78, 5) is 0. The molecule has 18 heavy (non-hydrogen) atoms. The zero-order valence-corrected chi connectivity index (χ0v) is 11.1. The van der Waals surface area contributed by atoms with Crippen molar-refractivity contribution in [3.8, 4) is 11.5 Å². The van der Waals surface area contributed by atoms with E-state index in [2.05, 4.69) is 19.2 Å². The molecule has 0 fully saturated rings. The molecular weight excluding hydrogens is 230 g/mol. The molecule has 0 amide bonds. The third-order valence-electron chi connectivity index (χ3n) is 3.34. The molecule has 100 valence electrons. The number of fused-ring (bicyclic) bond motifs is 1. The summed E-state index contributed by atoms with van der Waals surface area (Å²) < 4.78 is 10.8. The standard InChI is InChI=1S/C14H21NO3/c1-9(2)12(7-17-3)15-13-8-18-14-6-10(16)4-5-11(13)14/h4-6,9,12-13,15-16H,7-8H2,1-3H3. The van der Waals surface area contributed by atoms with Crippen LogP contribution in [-0.4, -0.2) is 31.5 Å². The van der Waals surface area contributed by atoms with Crippen molar-refractivity contribution in [3.05, 3.63) is 23.8 Å². The van der Waals surface area contributed by atoms with Crippen LogP contribution in [0, 0.1) is 5.92 Å². The van der Waals surface area contributed by atoms with Gasteiger partial charge in [0.25, 0.3) is 0 Å². The highest BCUT2D eigenvalue weighted by Crippen LogP contribution is 2.35. The van der Waals surface area contributed by atoms with E-state index in [1.807, 2.05) is 6.07 Å². The molecule has 2 unspecified atom stereocenters. The monoisotopic (exact) mass is 251 g/mol. The van der Waals surface area contributed by atoms with Crippen LogP contribution in [0.5, 0.6) is 11.5 Å². The second-order valence-corrected chi connectivity index (χ2v) is 5.06. The highest BCUT2D eigenvalue weighted by Gasteiger charge is 2.27. The lowest BCUT2D eigenvalue weighted by molar-refractivity contribution is 0.136. The number of ether oxygens (including phenoxy) is 2. The van der Waals surface area contributed by atoms with E-state index in [0.29, 0.717) is 25.2 Å². The number of benzene rings is 1. The molecule has 0 spiro atoms. The Morgan fingerprint density at radius 1 is 1.50 bits per heavy atom. The van der Waals surface area contributed by atoms with Crippen LogP contribution < -0.4 is 10.1 Å². The molecule has 0 aromatic heterocycles. The predicted molar refractivity (Wildman–Crippen MR) is 70.0 cm³/mol. The number of methoxy groups -OCH3 is 1. The lowest BCUT2D eigenvalue weighted by Gasteiger charge is -2.25. The summed E-state index contributed by atoms with van der Waals surface area (Å²) in [6.45, 7) is 5.63.